The van der Waals surface area contributed by atoms with E-state index in [-0.39, 0.29) is 24.3 Å². The van der Waals surface area contributed by atoms with Crippen molar-refractivity contribution < 1.29 is 18.7 Å². The standard InChI is InChI=1S/C30H29ClFN5O3/c31-20-8-4-18(5-9-20)15-26(29(33)38)37-30(39)23-3-1-2-22-24(12-13-40-28(22)23)36-25(27-16-34-17-35-27)14-19-6-10-21(32)11-7-19/h1-11,16-17,24-26,36H,12-15H2,(H2,33,38)(H,34,35)(H,37,39)/t24?,25-,26-/m0/s1. The maximum absolute atomic E-state index is 13.5. The van der Waals surface area contributed by atoms with Crippen LogP contribution in [0.1, 0.15) is 51.2 Å². The Morgan fingerprint density at radius 1 is 1.07 bits per heavy atom. The fourth-order valence-corrected chi connectivity index (χ4v) is 5.03. The van der Waals surface area contributed by atoms with E-state index in [0.717, 1.165) is 22.4 Å². The van der Waals surface area contributed by atoms with Crippen molar-refractivity contribution in [3.63, 3.8) is 0 Å². The lowest BCUT2D eigenvalue weighted by Crippen LogP contribution is -2.46. The lowest BCUT2D eigenvalue weighted by Gasteiger charge is -2.31. The lowest BCUT2D eigenvalue weighted by atomic mass is 9.94. The number of carbonyl (C=O) groups is 2. The molecule has 0 saturated heterocycles. The Balaban J connectivity index is 1.36. The summed E-state index contributed by atoms with van der Waals surface area (Å²) in [7, 11) is 0. The number of para-hydroxylation sites is 1. The maximum Gasteiger partial charge on any atom is 0.255 e. The molecule has 10 heteroatoms. The summed E-state index contributed by atoms with van der Waals surface area (Å²) in [6, 6.07) is 17.6. The van der Waals surface area contributed by atoms with Gasteiger partial charge in [0.15, 0.2) is 0 Å². The number of nitrogens with one attached hydrogen (secondary N) is 3. The van der Waals surface area contributed by atoms with Crippen molar-refractivity contribution in [2.45, 2.75) is 37.4 Å². The number of amides is 2. The summed E-state index contributed by atoms with van der Waals surface area (Å²) in [5.74, 6) is -0.919. The highest BCUT2D eigenvalue weighted by atomic mass is 35.5. The third kappa shape index (κ3) is 6.50. The third-order valence-corrected chi connectivity index (χ3v) is 7.22. The van der Waals surface area contributed by atoms with Gasteiger partial charge in [-0.1, -0.05) is 48.0 Å². The quantitative estimate of drug-likeness (QED) is 0.228. The van der Waals surface area contributed by atoms with Crippen molar-refractivity contribution in [2.75, 3.05) is 6.61 Å². The van der Waals surface area contributed by atoms with E-state index in [1.807, 2.05) is 6.07 Å². The first kappa shape index (κ1) is 27.4. The molecule has 2 heterocycles. The fourth-order valence-electron chi connectivity index (χ4n) is 4.91. The molecule has 2 amide bonds. The summed E-state index contributed by atoms with van der Waals surface area (Å²) >= 11 is 5.96. The van der Waals surface area contributed by atoms with Crippen LogP contribution < -0.4 is 21.1 Å². The van der Waals surface area contributed by atoms with Gasteiger partial charge in [0.25, 0.3) is 5.91 Å². The van der Waals surface area contributed by atoms with Gasteiger partial charge in [-0.2, -0.15) is 0 Å². The van der Waals surface area contributed by atoms with Crippen molar-refractivity contribution in [3.8, 4) is 5.75 Å². The minimum atomic E-state index is -0.914. The highest BCUT2D eigenvalue weighted by molar-refractivity contribution is 6.30. The lowest BCUT2D eigenvalue weighted by molar-refractivity contribution is -0.119. The summed E-state index contributed by atoms with van der Waals surface area (Å²) in [6.07, 6.45) is 4.88. The van der Waals surface area contributed by atoms with Crippen molar-refractivity contribution in [1.82, 2.24) is 20.6 Å². The number of primary amides is 1. The molecule has 0 spiro atoms. The Morgan fingerprint density at radius 2 is 1.80 bits per heavy atom. The SMILES string of the molecule is NC(=O)[C@H](Cc1ccc(Cl)cc1)NC(=O)c1cccc2c1OCCC2N[C@@H](Cc1ccc(F)cc1)c1cnc[nH]1. The second kappa shape index (κ2) is 12.3. The Labute approximate surface area is 236 Å². The van der Waals surface area contributed by atoms with E-state index in [4.69, 9.17) is 22.1 Å². The van der Waals surface area contributed by atoms with Crippen LogP contribution in [0.15, 0.2) is 79.3 Å². The van der Waals surface area contributed by atoms with E-state index >= 15 is 0 Å². The molecule has 3 aromatic carbocycles. The smallest absolute Gasteiger partial charge is 0.255 e. The van der Waals surface area contributed by atoms with Crippen LogP contribution in [-0.2, 0) is 17.6 Å². The molecular formula is C30H29ClFN5O3. The number of H-pyrrole nitrogens is 1. The molecule has 0 bridgehead atoms. The van der Waals surface area contributed by atoms with Crippen LogP contribution in [0.3, 0.4) is 0 Å². The molecule has 206 valence electrons. The van der Waals surface area contributed by atoms with Gasteiger partial charge in [-0.3, -0.25) is 9.59 Å². The minimum absolute atomic E-state index is 0.133. The average Bonchev–Trinajstić information content (AvgIpc) is 3.49. The van der Waals surface area contributed by atoms with Gasteiger partial charge in [0, 0.05) is 35.7 Å². The number of halogens is 2. The molecular weight excluding hydrogens is 533 g/mol. The molecule has 0 radical (unpaired) electrons. The Kier molecular flexibility index (Phi) is 8.42. The number of fused-ring (bicyclic) bond motifs is 1. The van der Waals surface area contributed by atoms with E-state index in [2.05, 4.69) is 20.6 Å². The first-order valence-electron chi connectivity index (χ1n) is 13.0. The van der Waals surface area contributed by atoms with Crippen molar-refractivity contribution in [2.24, 2.45) is 5.73 Å². The fraction of sp³-hybridized carbons (Fsp3) is 0.233. The summed E-state index contributed by atoms with van der Waals surface area (Å²) in [5.41, 5.74) is 9.44. The summed E-state index contributed by atoms with van der Waals surface area (Å²) in [5, 5.41) is 7.02. The van der Waals surface area contributed by atoms with Gasteiger partial charge >= 0.3 is 0 Å². The molecule has 3 atom stereocenters. The van der Waals surface area contributed by atoms with E-state index in [1.54, 1.807) is 61.1 Å². The van der Waals surface area contributed by atoms with E-state index < -0.39 is 17.9 Å². The van der Waals surface area contributed by atoms with Gasteiger partial charge in [0.2, 0.25) is 5.91 Å². The van der Waals surface area contributed by atoms with E-state index in [9.17, 15) is 14.0 Å². The molecule has 1 unspecified atom stereocenters. The van der Waals surface area contributed by atoms with Gasteiger partial charge in [0.05, 0.1) is 30.2 Å². The Bertz CT molecular complexity index is 1460. The number of aromatic amines is 1. The van der Waals surface area contributed by atoms with Crippen LogP contribution in [0.5, 0.6) is 5.75 Å². The highest BCUT2D eigenvalue weighted by Gasteiger charge is 2.30. The number of nitrogens with zero attached hydrogens (tertiary/aromatic N) is 1. The van der Waals surface area contributed by atoms with Crippen LogP contribution >= 0.6 is 11.6 Å². The molecule has 1 aliphatic heterocycles. The molecule has 0 aliphatic carbocycles. The summed E-state index contributed by atoms with van der Waals surface area (Å²) in [6.45, 7) is 0.394. The minimum Gasteiger partial charge on any atom is -0.492 e. The topological polar surface area (TPSA) is 122 Å². The molecule has 1 aromatic heterocycles. The monoisotopic (exact) mass is 561 g/mol. The predicted molar refractivity (Wildman–Crippen MR) is 149 cm³/mol. The zero-order valence-corrected chi connectivity index (χ0v) is 22.3. The number of rotatable bonds is 10. The zero-order valence-electron chi connectivity index (χ0n) is 21.6. The van der Waals surface area contributed by atoms with Gasteiger partial charge in [0.1, 0.15) is 17.6 Å². The van der Waals surface area contributed by atoms with Crippen molar-refractivity contribution in [1.29, 1.82) is 0 Å². The molecule has 8 nitrogen and oxygen atoms in total. The highest BCUT2D eigenvalue weighted by Crippen LogP contribution is 2.37. The average molecular weight is 562 g/mol. The molecule has 0 saturated carbocycles. The van der Waals surface area contributed by atoms with Crippen LogP contribution in [0, 0.1) is 5.82 Å². The maximum atomic E-state index is 13.5. The largest absolute Gasteiger partial charge is 0.492 e. The Morgan fingerprint density at radius 3 is 2.50 bits per heavy atom. The number of aromatic nitrogens is 2. The zero-order chi connectivity index (χ0) is 28.1. The molecule has 0 fully saturated rings. The number of hydrogen-bond acceptors (Lipinski definition) is 5. The number of carbonyl (C=O) groups excluding carboxylic acids is 2. The molecule has 40 heavy (non-hydrogen) atoms. The van der Waals surface area contributed by atoms with Crippen molar-refractivity contribution in [3.05, 3.63) is 118 Å². The van der Waals surface area contributed by atoms with Crippen LogP contribution in [0.25, 0.3) is 0 Å². The predicted octanol–water partition coefficient (Wildman–Crippen LogP) is 4.43. The molecule has 4 aromatic rings. The summed E-state index contributed by atoms with van der Waals surface area (Å²) < 4.78 is 19.5. The third-order valence-electron chi connectivity index (χ3n) is 6.97. The second-order valence-corrected chi connectivity index (χ2v) is 10.2. The first-order chi connectivity index (χ1) is 19.4. The van der Waals surface area contributed by atoms with Gasteiger partial charge < -0.3 is 26.1 Å². The van der Waals surface area contributed by atoms with Crippen LogP contribution in [0.4, 0.5) is 4.39 Å². The molecule has 5 rings (SSSR count). The summed E-state index contributed by atoms with van der Waals surface area (Å²) in [4.78, 5) is 32.9. The van der Waals surface area contributed by atoms with E-state index in [0.29, 0.717) is 35.8 Å². The molecule has 5 N–H and O–H groups in total. The number of ether oxygens (including phenoxy) is 1. The van der Waals surface area contributed by atoms with E-state index in [1.165, 1.54) is 12.1 Å². The second-order valence-electron chi connectivity index (χ2n) is 9.73. The van der Waals surface area contributed by atoms with Crippen LogP contribution in [0.2, 0.25) is 5.02 Å². The normalized spacial score (nSPS) is 15.9. The van der Waals surface area contributed by atoms with Gasteiger partial charge in [-0.15, -0.1) is 0 Å². The van der Waals surface area contributed by atoms with Gasteiger partial charge in [-0.25, -0.2) is 9.37 Å². The van der Waals surface area contributed by atoms with Crippen molar-refractivity contribution >= 4 is 23.4 Å². The van der Waals surface area contributed by atoms with Gasteiger partial charge in [-0.05, 0) is 47.9 Å². The number of nitrogens with two attached hydrogens (primary N) is 1. The first-order valence-corrected chi connectivity index (χ1v) is 13.3. The Hall–Kier alpha value is -4.21. The molecule has 1 aliphatic rings. The number of hydrogen-bond donors (Lipinski definition) is 4. The van der Waals surface area contributed by atoms with Crippen LogP contribution in [-0.4, -0.2) is 34.4 Å². The number of benzene rings is 3. The number of imidazole rings is 1.